The van der Waals surface area contributed by atoms with Crippen LogP contribution in [0.15, 0.2) is 15.9 Å². The molecule has 1 N–H and O–H groups in total. The Bertz CT molecular complexity index is 300. The Morgan fingerprint density at radius 3 is 3.21 bits per heavy atom. The molecule has 1 unspecified atom stereocenters. The van der Waals surface area contributed by atoms with Gasteiger partial charge in [-0.1, -0.05) is 0 Å². The molecule has 0 aliphatic carbocycles. The summed E-state index contributed by atoms with van der Waals surface area (Å²) in [5.74, 6) is 0. The van der Waals surface area contributed by atoms with Gasteiger partial charge in [-0.3, -0.25) is 0 Å². The number of hydrogen-bond donors (Lipinski definition) is 1. The first kappa shape index (κ1) is 10.6. The number of rotatable bonds is 2. The Kier molecular flexibility index (Phi) is 3.60. The van der Waals surface area contributed by atoms with E-state index in [2.05, 4.69) is 44.6 Å². The highest BCUT2D eigenvalue weighted by molar-refractivity contribution is 9.10. The van der Waals surface area contributed by atoms with Crippen LogP contribution < -0.4 is 5.32 Å². The molecule has 0 radical (unpaired) electrons. The zero-order valence-corrected chi connectivity index (χ0v) is 10.7. The summed E-state index contributed by atoms with van der Waals surface area (Å²) >= 11 is 5.34. The second-order valence-electron chi connectivity index (χ2n) is 3.77. The number of nitrogens with one attached hydrogen (secondary N) is 1. The summed E-state index contributed by atoms with van der Waals surface area (Å²) in [5.41, 5.74) is 0. The summed E-state index contributed by atoms with van der Waals surface area (Å²) in [6.45, 7) is 3.41. The average Bonchev–Trinajstić information content (AvgIpc) is 2.56. The van der Waals surface area contributed by atoms with Crippen LogP contribution in [0.1, 0.15) is 4.88 Å². The molecule has 2 heterocycles. The molecule has 0 spiro atoms. The van der Waals surface area contributed by atoms with Crippen molar-refractivity contribution in [2.75, 3.05) is 26.7 Å². The van der Waals surface area contributed by atoms with E-state index in [1.807, 2.05) is 11.3 Å². The van der Waals surface area contributed by atoms with Gasteiger partial charge in [-0.2, -0.15) is 0 Å². The average molecular weight is 275 g/mol. The molecule has 0 bridgehead atoms. The molecule has 0 amide bonds. The molecule has 1 aliphatic rings. The summed E-state index contributed by atoms with van der Waals surface area (Å²) < 4.78 is 1.21. The minimum absolute atomic E-state index is 0.661. The zero-order valence-electron chi connectivity index (χ0n) is 8.29. The van der Waals surface area contributed by atoms with E-state index in [9.17, 15) is 0 Å². The van der Waals surface area contributed by atoms with E-state index >= 15 is 0 Å². The van der Waals surface area contributed by atoms with E-state index in [4.69, 9.17) is 0 Å². The molecule has 78 valence electrons. The van der Waals surface area contributed by atoms with Gasteiger partial charge in [0.2, 0.25) is 0 Å². The summed E-state index contributed by atoms with van der Waals surface area (Å²) in [6.07, 6.45) is 1.17. The first-order valence-electron chi connectivity index (χ1n) is 4.89. The van der Waals surface area contributed by atoms with Crippen LogP contribution in [-0.2, 0) is 6.42 Å². The summed E-state index contributed by atoms with van der Waals surface area (Å²) in [6, 6.07) is 2.89. The fraction of sp³-hybridized carbons (Fsp3) is 0.600. The molecular weight excluding hydrogens is 260 g/mol. The van der Waals surface area contributed by atoms with E-state index in [1.54, 1.807) is 0 Å². The smallest absolute Gasteiger partial charge is 0.0285 e. The maximum atomic E-state index is 3.49. The Labute approximate surface area is 97.4 Å². The fourth-order valence-corrected chi connectivity index (χ4v) is 3.31. The molecule has 1 atom stereocenters. The molecule has 4 heteroatoms. The standard InChI is InChI=1S/C10H15BrN2S/c1-13-3-2-12-6-9(13)5-10-4-8(11)7-14-10/h4,7,9,12H,2-3,5-6H2,1H3. The number of nitrogens with zero attached hydrogens (tertiary/aromatic N) is 1. The van der Waals surface area contributed by atoms with Gasteiger partial charge in [-0.05, 0) is 35.5 Å². The second-order valence-corrected chi connectivity index (χ2v) is 5.69. The van der Waals surface area contributed by atoms with Crippen molar-refractivity contribution in [2.45, 2.75) is 12.5 Å². The Morgan fingerprint density at radius 1 is 1.71 bits per heavy atom. The van der Waals surface area contributed by atoms with Gasteiger partial charge in [-0.15, -0.1) is 11.3 Å². The number of likely N-dealkylation sites (N-methyl/N-ethyl adjacent to an activating group) is 1. The third kappa shape index (κ3) is 2.57. The van der Waals surface area contributed by atoms with E-state index in [0.717, 1.165) is 19.6 Å². The van der Waals surface area contributed by atoms with Gasteiger partial charge in [0, 0.05) is 40.4 Å². The summed E-state index contributed by atoms with van der Waals surface area (Å²) in [7, 11) is 2.22. The molecule has 1 aliphatic heterocycles. The molecule has 1 aromatic heterocycles. The minimum Gasteiger partial charge on any atom is -0.314 e. The van der Waals surface area contributed by atoms with Crippen LogP contribution in [0.3, 0.4) is 0 Å². The van der Waals surface area contributed by atoms with Crippen molar-refractivity contribution in [1.29, 1.82) is 0 Å². The summed E-state index contributed by atoms with van der Waals surface area (Å²) in [4.78, 5) is 3.92. The lowest BCUT2D eigenvalue weighted by molar-refractivity contribution is 0.200. The maximum absolute atomic E-state index is 3.49. The predicted molar refractivity (Wildman–Crippen MR) is 65.0 cm³/mol. The highest BCUT2D eigenvalue weighted by Crippen LogP contribution is 2.22. The molecular formula is C10H15BrN2S. The van der Waals surface area contributed by atoms with Gasteiger partial charge in [0.25, 0.3) is 0 Å². The third-order valence-corrected chi connectivity index (χ3v) is 4.42. The van der Waals surface area contributed by atoms with Crippen molar-refractivity contribution in [3.63, 3.8) is 0 Å². The third-order valence-electron chi connectivity index (χ3n) is 2.70. The molecule has 2 nitrogen and oxygen atoms in total. The molecule has 1 fully saturated rings. The van der Waals surface area contributed by atoms with Crippen LogP contribution >= 0.6 is 27.3 Å². The Hall–Kier alpha value is 0.1000. The van der Waals surface area contributed by atoms with Crippen LogP contribution in [0.25, 0.3) is 0 Å². The van der Waals surface area contributed by atoms with E-state index in [0.29, 0.717) is 6.04 Å². The van der Waals surface area contributed by atoms with Crippen LogP contribution in [0.5, 0.6) is 0 Å². The van der Waals surface area contributed by atoms with E-state index in [-0.39, 0.29) is 0 Å². The zero-order chi connectivity index (χ0) is 9.97. The van der Waals surface area contributed by atoms with Crippen molar-refractivity contribution >= 4 is 27.3 Å². The van der Waals surface area contributed by atoms with E-state index in [1.165, 1.54) is 15.8 Å². The van der Waals surface area contributed by atoms with Crippen LogP contribution in [0.2, 0.25) is 0 Å². The molecule has 2 rings (SSSR count). The minimum atomic E-state index is 0.661. The Balaban J connectivity index is 1.95. The second kappa shape index (κ2) is 4.75. The normalized spacial score (nSPS) is 24.0. The van der Waals surface area contributed by atoms with Crippen molar-refractivity contribution < 1.29 is 0 Å². The highest BCUT2D eigenvalue weighted by Gasteiger charge is 2.19. The topological polar surface area (TPSA) is 15.3 Å². The quantitative estimate of drug-likeness (QED) is 0.887. The molecule has 0 saturated carbocycles. The number of thiophene rings is 1. The number of hydrogen-bond acceptors (Lipinski definition) is 3. The first-order valence-corrected chi connectivity index (χ1v) is 6.57. The maximum Gasteiger partial charge on any atom is 0.0285 e. The van der Waals surface area contributed by atoms with Crippen LogP contribution in [0, 0.1) is 0 Å². The summed E-state index contributed by atoms with van der Waals surface area (Å²) in [5, 5.41) is 5.60. The van der Waals surface area contributed by atoms with Gasteiger partial charge < -0.3 is 10.2 Å². The molecule has 1 aromatic rings. The number of halogens is 1. The van der Waals surface area contributed by atoms with Crippen molar-refractivity contribution in [3.8, 4) is 0 Å². The lowest BCUT2D eigenvalue weighted by Crippen LogP contribution is -2.50. The van der Waals surface area contributed by atoms with Crippen molar-refractivity contribution in [2.24, 2.45) is 0 Å². The monoisotopic (exact) mass is 274 g/mol. The van der Waals surface area contributed by atoms with Crippen molar-refractivity contribution in [1.82, 2.24) is 10.2 Å². The largest absolute Gasteiger partial charge is 0.314 e. The van der Waals surface area contributed by atoms with E-state index < -0.39 is 0 Å². The van der Waals surface area contributed by atoms with Gasteiger partial charge in [0.05, 0.1) is 0 Å². The first-order chi connectivity index (χ1) is 6.75. The fourth-order valence-electron chi connectivity index (χ4n) is 1.78. The van der Waals surface area contributed by atoms with Gasteiger partial charge in [0.15, 0.2) is 0 Å². The van der Waals surface area contributed by atoms with Gasteiger partial charge in [-0.25, -0.2) is 0 Å². The van der Waals surface area contributed by atoms with Crippen LogP contribution in [0.4, 0.5) is 0 Å². The highest BCUT2D eigenvalue weighted by atomic mass is 79.9. The lowest BCUT2D eigenvalue weighted by atomic mass is 10.1. The molecule has 1 saturated heterocycles. The Morgan fingerprint density at radius 2 is 2.57 bits per heavy atom. The lowest BCUT2D eigenvalue weighted by Gasteiger charge is -2.32. The predicted octanol–water partition coefficient (Wildman–Crippen LogP) is 1.96. The molecule has 14 heavy (non-hydrogen) atoms. The van der Waals surface area contributed by atoms with Crippen LogP contribution in [-0.4, -0.2) is 37.6 Å². The van der Waals surface area contributed by atoms with Crippen molar-refractivity contribution in [3.05, 3.63) is 20.8 Å². The SMILES string of the molecule is CN1CCNCC1Cc1cc(Br)cs1. The van der Waals surface area contributed by atoms with Gasteiger partial charge in [0.1, 0.15) is 0 Å². The molecule has 0 aromatic carbocycles. The van der Waals surface area contributed by atoms with Gasteiger partial charge >= 0.3 is 0 Å². The number of piperazine rings is 1.